The van der Waals surface area contributed by atoms with Crippen LogP contribution in [0, 0.1) is 11.3 Å². The second-order valence-corrected chi connectivity index (χ2v) is 8.85. The number of aliphatic hydroxyl groups is 1. The molecule has 5 heteroatoms. The highest BCUT2D eigenvalue weighted by Gasteiger charge is 2.50. The van der Waals surface area contributed by atoms with Crippen LogP contribution >= 0.6 is 0 Å². The number of hydrogen-bond donors (Lipinski definition) is 1. The first-order chi connectivity index (χ1) is 9.94. The fourth-order valence-corrected chi connectivity index (χ4v) is 6.44. The maximum atomic E-state index is 12.3. The SMILES string of the molecule is N#Cc1ccccc1CC1(O)CC2CCCC(C1)S2(=O)=O. The molecule has 2 fully saturated rings. The molecule has 112 valence electrons. The van der Waals surface area contributed by atoms with Crippen molar-refractivity contribution in [1.82, 2.24) is 0 Å². The van der Waals surface area contributed by atoms with Gasteiger partial charge in [-0.1, -0.05) is 24.6 Å². The fraction of sp³-hybridized carbons (Fsp3) is 0.562. The highest BCUT2D eigenvalue weighted by Crippen LogP contribution is 2.42. The van der Waals surface area contributed by atoms with Crippen molar-refractivity contribution in [3.05, 3.63) is 35.4 Å². The van der Waals surface area contributed by atoms with Crippen molar-refractivity contribution in [2.75, 3.05) is 0 Å². The zero-order valence-corrected chi connectivity index (χ0v) is 12.6. The van der Waals surface area contributed by atoms with Gasteiger partial charge in [-0.25, -0.2) is 8.42 Å². The normalized spacial score (nSPS) is 34.1. The zero-order valence-electron chi connectivity index (χ0n) is 11.8. The predicted molar refractivity (Wildman–Crippen MR) is 79.4 cm³/mol. The number of nitrogens with zero attached hydrogens (tertiary/aromatic N) is 1. The van der Waals surface area contributed by atoms with Crippen LogP contribution in [0.1, 0.15) is 43.2 Å². The molecule has 3 rings (SSSR count). The molecule has 2 aliphatic heterocycles. The summed E-state index contributed by atoms with van der Waals surface area (Å²) in [6.07, 6.45) is 3.19. The molecule has 2 heterocycles. The lowest BCUT2D eigenvalue weighted by molar-refractivity contribution is 0.00984. The smallest absolute Gasteiger partial charge is 0.156 e. The topological polar surface area (TPSA) is 78.2 Å². The number of nitriles is 1. The van der Waals surface area contributed by atoms with Crippen LogP contribution in [0.15, 0.2) is 24.3 Å². The van der Waals surface area contributed by atoms with Crippen molar-refractivity contribution >= 4 is 9.84 Å². The van der Waals surface area contributed by atoms with Gasteiger partial charge in [0.15, 0.2) is 9.84 Å². The van der Waals surface area contributed by atoms with E-state index in [-0.39, 0.29) is 0 Å². The van der Waals surface area contributed by atoms with E-state index in [1.807, 2.05) is 12.1 Å². The van der Waals surface area contributed by atoms with E-state index in [4.69, 9.17) is 5.26 Å². The third kappa shape index (κ3) is 2.58. The Balaban J connectivity index is 1.88. The van der Waals surface area contributed by atoms with Crippen LogP contribution in [-0.2, 0) is 16.3 Å². The average Bonchev–Trinajstić information content (AvgIpc) is 2.41. The maximum absolute atomic E-state index is 12.3. The van der Waals surface area contributed by atoms with Crippen LogP contribution in [0.4, 0.5) is 0 Å². The van der Waals surface area contributed by atoms with Gasteiger partial charge in [-0.15, -0.1) is 0 Å². The molecule has 2 atom stereocenters. The summed E-state index contributed by atoms with van der Waals surface area (Å²) >= 11 is 0. The summed E-state index contributed by atoms with van der Waals surface area (Å²) in [6.45, 7) is 0. The number of sulfone groups is 1. The van der Waals surface area contributed by atoms with Crippen LogP contribution in [0.25, 0.3) is 0 Å². The van der Waals surface area contributed by atoms with Crippen molar-refractivity contribution in [2.24, 2.45) is 0 Å². The molecule has 2 unspecified atom stereocenters. The maximum Gasteiger partial charge on any atom is 0.156 e. The summed E-state index contributed by atoms with van der Waals surface area (Å²) in [5.74, 6) is 0. The molecule has 0 saturated carbocycles. The largest absolute Gasteiger partial charge is 0.389 e. The molecule has 1 N–H and O–H groups in total. The van der Waals surface area contributed by atoms with Crippen LogP contribution in [0.5, 0.6) is 0 Å². The molecule has 0 aliphatic carbocycles. The number of fused-ring (bicyclic) bond motifs is 2. The second-order valence-electron chi connectivity index (χ2n) is 6.34. The van der Waals surface area contributed by atoms with Crippen molar-refractivity contribution in [3.8, 4) is 6.07 Å². The Labute approximate surface area is 125 Å². The first kappa shape index (κ1) is 14.6. The van der Waals surface area contributed by atoms with Gasteiger partial charge in [0.2, 0.25) is 0 Å². The Morgan fingerprint density at radius 3 is 2.48 bits per heavy atom. The van der Waals surface area contributed by atoms with E-state index in [9.17, 15) is 13.5 Å². The lowest BCUT2D eigenvalue weighted by Gasteiger charge is -2.44. The van der Waals surface area contributed by atoms with Gasteiger partial charge in [0.1, 0.15) is 0 Å². The van der Waals surface area contributed by atoms with Gasteiger partial charge in [-0.05, 0) is 37.3 Å². The van der Waals surface area contributed by atoms with E-state index in [2.05, 4.69) is 6.07 Å². The van der Waals surface area contributed by atoms with Gasteiger partial charge < -0.3 is 5.11 Å². The molecule has 4 nitrogen and oxygen atoms in total. The molecule has 21 heavy (non-hydrogen) atoms. The molecule has 2 aliphatic rings. The Hall–Kier alpha value is -1.38. The molecular weight excluding hydrogens is 286 g/mol. The van der Waals surface area contributed by atoms with Gasteiger partial charge in [-0.3, -0.25) is 0 Å². The highest BCUT2D eigenvalue weighted by molar-refractivity contribution is 7.92. The first-order valence-corrected chi connectivity index (χ1v) is 8.99. The Morgan fingerprint density at radius 1 is 1.24 bits per heavy atom. The summed E-state index contributed by atoms with van der Waals surface area (Å²) in [5.41, 5.74) is 0.359. The summed E-state index contributed by atoms with van der Waals surface area (Å²) in [5, 5.41) is 19.2. The summed E-state index contributed by atoms with van der Waals surface area (Å²) in [7, 11) is -3.07. The lowest BCUT2D eigenvalue weighted by atomic mass is 9.80. The van der Waals surface area contributed by atoms with E-state index in [1.165, 1.54) is 0 Å². The Bertz CT molecular complexity index is 670. The second kappa shape index (κ2) is 5.11. The molecule has 2 saturated heterocycles. The summed E-state index contributed by atoms with van der Waals surface area (Å²) in [4.78, 5) is 0. The monoisotopic (exact) mass is 305 g/mol. The van der Waals surface area contributed by atoms with Crippen molar-refractivity contribution < 1.29 is 13.5 Å². The van der Waals surface area contributed by atoms with Crippen LogP contribution in [-0.4, -0.2) is 29.6 Å². The van der Waals surface area contributed by atoms with E-state index < -0.39 is 25.9 Å². The van der Waals surface area contributed by atoms with Crippen molar-refractivity contribution in [1.29, 1.82) is 5.26 Å². The first-order valence-electron chi connectivity index (χ1n) is 7.38. The molecule has 2 bridgehead atoms. The predicted octanol–water partition coefficient (Wildman–Crippen LogP) is 1.96. The van der Waals surface area contributed by atoms with E-state index in [1.54, 1.807) is 12.1 Å². The minimum absolute atomic E-state index is 0.297. The van der Waals surface area contributed by atoms with E-state index >= 15 is 0 Å². The number of benzene rings is 1. The molecule has 0 spiro atoms. The van der Waals surface area contributed by atoms with Gasteiger partial charge in [-0.2, -0.15) is 5.26 Å². The van der Waals surface area contributed by atoms with E-state index in [0.29, 0.717) is 37.7 Å². The molecule has 1 aromatic carbocycles. The highest BCUT2D eigenvalue weighted by atomic mass is 32.2. The van der Waals surface area contributed by atoms with Crippen molar-refractivity contribution in [3.63, 3.8) is 0 Å². The molecule has 0 amide bonds. The molecular formula is C16H19NO3S. The minimum atomic E-state index is -3.07. The number of hydrogen-bond acceptors (Lipinski definition) is 4. The average molecular weight is 305 g/mol. The standard InChI is InChI=1S/C16H19NO3S/c17-11-13-5-2-1-4-12(13)8-16(18)9-14-6-3-7-15(10-16)21(14,19)20/h1-2,4-5,14-15,18H,3,6-10H2. The van der Waals surface area contributed by atoms with Gasteiger partial charge in [0.25, 0.3) is 0 Å². The molecule has 1 aromatic rings. The van der Waals surface area contributed by atoms with Gasteiger partial charge >= 0.3 is 0 Å². The van der Waals surface area contributed by atoms with Crippen LogP contribution < -0.4 is 0 Å². The van der Waals surface area contributed by atoms with Gasteiger partial charge in [0.05, 0.1) is 27.7 Å². The minimum Gasteiger partial charge on any atom is -0.389 e. The lowest BCUT2D eigenvalue weighted by Crippen LogP contribution is -2.52. The fourth-order valence-electron chi connectivity index (χ4n) is 3.82. The summed E-state index contributed by atoms with van der Waals surface area (Å²) in [6, 6.07) is 9.36. The van der Waals surface area contributed by atoms with Crippen LogP contribution in [0.2, 0.25) is 0 Å². The third-order valence-electron chi connectivity index (χ3n) is 4.85. The van der Waals surface area contributed by atoms with E-state index in [0.717, 1.165) is 12.0 Å². The zero-order chi connectivity index (χ0) is 15.1. The quantitative estimate of drug-likeness (QED) is 0.906. The Morgan fingerprint density at radius 2 is 1.86 bits per heavy atom. The third-order valence-corrected chi connectivity index (χ3v) is 7.52. The van der Waals surface area contributed by atoms with Crippen LogP contribution in [0.3, 0.4) is 0 Å². The Kier molecular flexibility index (Phi) is 3.54. The number of rotatable bonds is 2. The summed E-state index contributed by atoms with van der Waals surface area (Å²) < 4.78 is 24.6. The van der Waals surface area contributed by atoms with Crippen molar-refractivity contribution in [2.45, 2.75) is 54.6 Å². The molecule has 0 aromatic heterocycles. The molecule has 0 radical (unpaired) electrons. The van der Waals surface area contributed by atoms with Gasteiger partial charge in [0, 0.05) is 6.42 Å².